The van der Waals surface area contributed by atoms with Gasteiger partial charge in [-0.2, -0.15) is 0 Å². The Balaban J connectivity index is 2.73. The van der Waals surface area contributed by atoms with Crippen molar-refractivity contribution in [2.75, 3.05) is 25.1 Å². The van der Waals surface area contributed by atoms with Gasteiger partial charge in [-0.1, -0.05) is 29.8 Å². The molecule has 7 nitrogen and oxygen atoms in total. The molecule has 0 heterocycles. The van der Waals surface area contributed by atoms with Crippen LogP contribution in [0.2, 0.25) is 0 Å². The molecule has 2 rings (SSSR count). The van der Waals surface area contributed by atoms with Crippen LogP contribution < -0.4 is 13.8 Å². The molecular weight excluding hydrogens is 394 g/mol. The van der Waals surface area contributed by atoms with Crippen LogP contribution in [0.5, 0.6) is 11.5 Å². The highest BCUT2D eigenvalue weighted by Crippen LogP contribution is 2.41. The smallest absolute Gasteiger partial charge is 0.305 e. The van der Waals surface area contributed by atoms with Gasteiger partial charge in [0, 0.05) is 6.54 Å². The molecule has 8 heteroatoms. The van der Waals surface area contributed by atoms with Crippen LogP contribution in [-0.4, -0.2) is 40.3 Å². The molecule has 0 aliphatic rings. The van der Waals surface area contributed by atoms with Gasteiger partial charge in [0.25, 0.3) is 10.0 Å². The third-order valence-electron chi connectivity index (χ3n) is 4.25. The van der Waals surface area contributed by atoms with Crippen LogP contribution in [0.1, 0.15) is 24.5 Å². The molecule has 0 fully saturated rings. The minimum Gasteiger partial charge on any atom is -0.493 e. The van der Waals surface area contributed by atoms with Crippen LogP contribution in [-0.2, 0) is 14.8 Å². The summed E-state index contributed by atoms with van der Waals surface area (Å²) in [5.41, 5.74) is 1.82. The van der Waals surface area contributed by atoms with E-state index >= 15 is 0 Å². The van der Waals surface area contributed by atoms with Crippen LogP contribution in [0.15, 0.2) is 47.4 Å². The SMILES string of the molecule is C/C=C/c1cc(OC)c(OC)c(N(CCC(=O)O)S(=O)(=O)c2ccc(C)cc2)c1. The molecule has 0 spiro atoms. The van der Waals surface area contributed by atoms with Gasteiger partial charge in [-0.3, -0.25) is 9.10 Å². The lowest BCUT2D eigenvalue weighted by molar-refractivity contribution is -0.136. The van der Waals surface area contributed by atoms with Crippen LogP contribution in [0.3, 0.4) is 0 Å². The van der Waals surface area contributed by atoms with E-state index < -0.39 is 16.0 Å². The van der Waals surface area contributed by atoms with Gasteiger partial charge < -0.3 is 14.6 Å². The first-order valence-electron chi connectivity index (χ1n) is 8.94. The van der Waals surface area contributed by atoms with E-state index in [4.69, 9.17) is 14.6 Å². The minimum atomic E-state index is -4.05. The average molecular weight is 419 g/mol. The predicted molar refractivity (Wildman–Crippen MR) is 112 cm³/mol. The van der Waals surface area contributed by atoms with Gasteiger partial charge in [-0.15, -0.1) is 0 Å². The summed E-state index contributed by atoms with van der Waals surface area (Å²) in [6.45, 7) is 3.43. The van der Waals surface area contributed by atoms with E-state index in [1.165, 1.54) is 26.4 Å². The first-order chi connectivity index (χ1) is 13.7. The second-order valence-electron chi connectivity index (χ2n) is 6.31. The van der Waals surface area contributed by atoms with Crippen molar-refractivity contribution < 1.29 is 27.8 Å². The standard InChI is InChI=1S/C21H25NO6S/c1-5-6-16-13-18(21(28-4)19(14-16)27-3)22(12-11-20(23)24)29(25,26)17-9-7-15(2)8-10-17/h5-10,13-14H,11-12H2,1-4H3,(H,23,24)/b6-5+. The number of hydrogen-bond donors (Lipinski definition) is 1. The second kappa shape index (κ2) is 9.47. The van der Waals surface area contributed by atoms with Gasteiger partial charge in [-0.05, 0) is 43.7 Å². The van der Waals surface area contributed by atoms with E-state index in [0.717, 1.165) is 9.87 Å². The van der Waals surface area contributed by atoms with E-state index in [2.05, 4.69) is 0 Å². The van der Waals surface area contributed by atoms with Crippen LogP contribution in [0, 0.1) is 6.92 Å². The Labute approximate surface area is 171 Å². The van der Waals surface area contributed by atoms with Crippen LogP contribution in [0.25, 0.3) is 6.08 Å². The Morgan fingerprint density at radius 1 is 1.14 bits per heavy atom. The number of methoxy groups -OCH3 is 2. The highest BCUT2D eigenvalue weighted by Gasteiger charge is 2.29. The molecule has 2 aromatic carbocycles. The topological polar surface area (TPSA) is 93.1 Å². The van der Waals surface area contributed by atoms with Crippen molar-refractivity contribution in [3.63, 3.8) is 0 Å². The summed E-state index contributed by atoms with van der Waals surface area (Å²) in [6, 6.07) is 9.73. The predicted octanol–water partition coefficient (Wildman–Crippen LogP) is 3.72. The Bertz CT molecular complexity index is 997. The van der Waals surface area contributed by atoms with Gasteiger partial charge >= 0.3 is 5.97 Å². The maximum atomic E-state index is 13.4. The molecule has 0 atom stereocenters. The maximum Gasteiger partial charge on any atom is 0.305 e. The highest BCUT2D eigenvalue weighted by molar-refractivity contribution is 7.92. The fourth-order valence-electron chi connectivity index (χ4n) is 2.84. The largest absolute Gasteiger partial charge is 0.493 e. The van der Waals surface area contributed by atoms with Gasteiger partial charge in [0.05, 0.1) is 31.2 Å². The minimum absolute atomic E-state index is 0.0611. The van der Waals surface area contributed by atoms with Gasteiger partial charge in [0.2, 0.25) is 0 Å². The van der Waals surface area contributed by atoms with Crippen molar-refractivity contribution in [2.24, 2.45) is 0 Å². The fourth-order valence-corrected chi connectivity index (χ4v) is 4.30. The normalized spacial score (nSPS) is 11.4. The van der Waals surface area contributed by atoms with Crippen molar-refractivity contribution in [3.05, 3.63) is 53.6 Å². The Hall–Kier alpha value is -3.00. The lowest BCUT2D eigenvalue weighted by Crippen LogP contribution is -2.33. The molecule has 0 saturated carbocycles. The number of hydrogen-bond acceptors (Lipinski definition) is 5. The third kappa shape index (κ3) is 5.08. The number of aliphatic carboxylic acids is 1. The quantitative estimate of drug-likeness (QED) is 0.666. The molecular formula is C21H25NO6S. The number of ether oxygens (including phenoxy) is 2. The second-order valence-corrected chi connectivity index (χ2v) is 8.17. The average Bonchev–Trinajstić information content (AvgIpc) is 2.67. The summed E-state index contributed by atoms with van der Waals surface area (Å²) >= 11 is 0. The van der Waals surface area contributed by atoms with Crippen LogP contribution >= 0.6 is 0 Å². The van der Waals surface area contributed by atoms with E-state index in [-0.39, 0.29) is 29.3 Å². The zero-order chi connectivity index (χ0) is 21.6. The van der Waals surface area contributed by atoms with Crippen molar-refractivity contribution in [2.45, 2.75) is 25.2 Å². The van der Waals surface area contributed by atoms with Crippen molar-refractivity contribution >= 4 is 27.8 Å². The highest BCUT2D eigenvalue weighted by atomic mass is 32.2. The van der Waals surface area contributed by atoms with E-state index in [1.54, 1.807) is 36.4 Å². The number of anilines is 1. The molecule has 0 amide bonds. The fraction of sp³-hybridized carbons (Fsp3) is 0.286. The molecule has 29 heavy (non-hydrogen) atoms. The van der Waals surface area contributed by atoms with Crippen molar-refractivity contribution in [1.29, 1.82) is 0 Å². The number of allylic oxidation sites excluding steroid dienone is 1. The molecule has 2 aromatic rings. The summed E-state index contributed by atoms with van der Waals surface area (Å²) in [4.78, 5) is 11.3. The number of sulfonamides is 1. The molecule has 0 aliphatic heterocycles. The summed E-state index contributed by atoms with van der Waals surface area (Å²) in [5, 5.41) is 9.16. The molecule has 0 bridgehead atoms. The molecule has 156 valence electrons. The first kappa shape index (κ1) is 22.3. The van der Waals surface area contributed by atoms with Crippen molar-refractivity contribution in [3.8, 4) is 11.5 Å². The van der Waals surface area contributed by atoms with Gasteiger partial charge in [-0.25, -0.2) is 8.42 Å². The molecule has 0 unspecified atom stereocenters. The summed E-state index contributed by atoms with van der Waals surface area (Å²) in [7, 11) is -1.18. The number of nitrogens with zero attached hydrogens (tertiary/aromatic N) is 1. The van der Waals surface area contributed by atoms with E-state index in [1.807, 2.05) is 13.8 Å². The van der Waals surface area contributed by atoms with Gasteiger partial charge in [0.1, 0.15) is 0 Å². The monoisotopic (exact) mass is 419 g/mol. The molecule has 0 aromatic heterocycles. The number of carboxylic acids is 1. The molecule has 0 radical (unpaired) electrons. The Kier molecular flexibility index (Phi) is 7.28. The van der Waals surface area contributed by atoms with Gasteiger partial charge in [0.15, 0.2) is 11.5 Å². The zero-order valence-corrected chi connectivity index (χ0v) is 17.7. The first-order valence-corrected chi connectivity index (χ1v) is 10.4. The number of carboxylic acid groups (broad SMARTS) is 1. The summed E-state index contributed by atoms with van der Waals surface area (Å²) in [6.07, 6.45) is 3.23. The maximum absolute atomic E-state index is 13.4. The summed E-state index contributed by atoms with van der Waals surface area (Å²) < 4.78 is 38.7. The van der Waals surface area contributed by atoms with E-state index in [0.29, 0.717) is 11.3 Å². The van der Waals surface area contributed by atoms with Crippen molar-refractivity contribution in [1.82, 2.24) is 0 Å². The molecule has 1 N–H and O–H groups in total. The number of benzene rings is 2. The number of rotatable bonds is 9. The third-order valence-corrected chi connectivity index (χ3v) is 6.07. The lowest BCUT2D eigenvalue weighted by atomic mass is 10.1. The zero-order valence-electron chi connectivity index (χ0n) is 16.9. The Morgan fingerprint density at radius 3 is 2.31 bits per heavy atom. The summed E-state index contributed by atoms with van der Waals surface area (Å²) in [5.74, 6) is -0.552. The number of carbonyl (C=O) groups is 1. The van der Waals surface area contributed by atoms with Crippen LogP contribution in [0.4, 0.5) is 5.69 Å². The lowest BCUT2D eigenvalue weighted by Gasteiger charge is -2.27. The molecule has 0 aliphatic carbocycles. The molecule has 0 saturated heterocycles. The Morgan fingerprint density at radius 2 is 1.79 bits per heavy atom. The number of aryl methyl sites for hydroxylation is 1. The van der Waals surface area contributed by atoms with E-state index in [9.17, 15) is 13.2 Å².